The molecule has 7 nitrogen and oxygen atoms in total. The molecule has 2 aromatic heterocycles. The Morgan fingerprint density at radius 2 is 2.40 bits per heavy atom. The second-order valence-electron chi connectivity index (χ2n) is 4.46. The molecule has 0 radical (unpaired) electrons. The van der Waals surface area contributed by atoms with Gasteiger partial charge in [-0.2, -0.15) is 0 Å². The molecule has 0 amide bonds. The number of hydrogen-bond donors (Lipinski definition) is 1. The number of nitrogens with one attached hydrogen (secondary N) is 1. The predicted molar refractivity (Wildman–Crippen MR) is 70.7 cm³/mol. The number of methoxy groups -OCH3 is 1. The lowest BCUT2D eigenvalue weighted by Gasteiger charge is -2.01. The van der Waals surface area contributed by atoms with Crippen LogP contribution in [0.2, 0.25) is 0 Å². The van der Waals surface area contributed by atoms with E-state index < -0.39 is 5.97 Å². The quantitative estimate of drug-likeness (QED) is 0.665. The fraction of sp³-hybridized carbons (Fsp3) is 0.417. The van der Waals surface area contributed by atoms with Gasteiger partial charge in [-0.1, -0.05) is 11.8 Å². The van der Waals surface area contributed by atoms with Crippen molar-refractivity contribution < 1.29 is 13.9 Å². The minimum absolute atomic E-state index is 0.171. The number of nitrogens with zero attached hydrogens (tertiary/aromatic N) is 2. The Kier molecular flexibility index (Phi) is 3.39. The number of aromatic nitrogens is 3. The van der Waals surface area contributed by atoms with Gasteiger partial charge >= 0.3 is 11.7 Å². The molecule has 20 heavy (non-hydrogen) atoms. The maximum atomic E-state index is 11.6. The number of carbonyl (C=O) groups is 1. The topological polar surface area (TPSA) is 90.1 Å². The number of rotatable bonds is 5. The van der Waals surface area contributed by atoms with Crippen molar-refractivity contribution in [2.75, 3.05) is 7.11 Å². The molecule has 0 saturated heterocycles. The van der Waals surface area contributed by atoms with Crippen LogP contribution in [0.4, 0.5) is 0 Å². The lowest BCUT2D eigenvalue weighted by Crippen LogP contribution is -2.16. The summed E-state index contributed by atoms with van der Waals surface area (Å²) in [6.45, 7) is 0. The molecule has 2 heterocycles. The first-order valence-electron chi connectivity index (χ1n) is 6.16. The zero-order chi connectivity index (χ0) is 14.1. The third-order valence-corrected chi connectivity index (χ3v) is 3.95. The van der Waals surface area contributed by atoms with Crippen molar-refractivity contribution in [1.82, 2.24) is 14.8 Å². The zero-order valence-electron chi connectivity index (χ0n) is 10.8. The van der Waals surface area contributed by atoms with E-state index in [-0.39, 0.29) is 17.5 Å². The molecule has 2 aromatic rings. The fourth-order valence-corrected chi connectivity index (χ4v) is 2.76. The van der Waals surface area contributed by atoms with E-state index in [1.54, 1.807) is 16.7 Å². The number of ether oxygens (including phenoxy) is 1. The Morgan fingerprint density at radius 1 is 1.60 bits per heavy atom. The van der Waals surface area contributed by atoms with Crippen LogP contribution in [0.25, 0.3) is 0 Å². The molecule has 0 unspecified atom stereocenters. The van der Waals surface area contributed by atoms with E-state index in [9.17, 15) is 9.59 Å². The first-order chi connectivity index (χ1) is 9.69. The SMILES string of the molecule is COC(=O)c1ccc(CSc2n[nH]c(=O)n2C2CC2)o1. The van der Waals surface area contributed by atoms with E-state index >= 15 is 0 Å². The summed E-state index contributed by atoms with van der Waals surface area (Å²) < 4.78 is 11.6. The second-order valence-corrected chi connectivity index (χ2v) is 5.40. The van der Waals surface area contributed by atoms with Gasteiger partial charge in [0.1, 0.15) is 5.76 Å². The van der Waals surface area contributed by atoms with Crippen molar-refractivity contribution in [1.29, 1.82) is 0 Å². The number of esters is 1. The summed E-state index contributed by atoms with van der Waals surface area (Å²) in [6, 6.07) is 3.55. The van der Waals surface area contributed by atoms with Crippen LogP contribution in [0.3, 0.4) is 0 Å². The summed E-state index contributed by atoms with van der Waals surface area (Å²) in [4.78, 5) is 22.9. The van der Waals surface area contributed by atoms with Gasteiger partial charge in [0.2, 0.25) is 5.76 Å². The summed E-state index contributed by atoms with van der Waals surface area (Å²) in [5, 5.41) is 7.11. The highest BCUT2D eigenvalue weighted by Crippen LogP contribution is 2.36. The van der Waals surface area contributed by atoms with Crippen LogP contribution in [0, 0.1) is 0 Å². The molecule has 1 N–H and O–H groups in total. The molecular weight excluding hydrogens is 282 g/mol. The van der Waals surface area contributed by atoms with Crippen LogP contribution >= 0.6 is 11.8 Å². The number of thioether (sulfide) groups is 1. The Bertz CT molecular complexity index is 683. The maximum Gasteiger partial charge on any atom is 0.373 e. The standard InChI is InChI=1S/C12H13N3O4S/c1-18-10(16)9-5-4-8(19-9)6-20-12-14-13-11(17)15(12)7-2-3-7/h4-5,7H,2-3,6H2,1H3,(H,13,17). The van der Waals surface area contributed by atoms with Crippen molar-refractivity contribution in [3.63, 3.8) is 0 Å². The Morgan fingerprint density at radius 3 is 3.10 bits per heavy atom. The molecule has 0 aromatic carbocycles. The molecular formula is C12H13N3O4S. The first kappa shape index (κ1) is 13.0. The minimum atomic E-state index is -0.504. The van der Waals surface area contributed by atoms with E-state index in [4.69, 9.17) is 4.42 Å². The van der Waals surface area contributed by atoms with Crippen LogP contribution < -0.4 is 5.69 Å². The molecule has 0 atom stereocenters. The van der Waals surface area contributed by atoms with Gasteiger partial charge in [0.25, 0.3) is 0 Å². The van der Waals surface area contributed by atoms with Gasteiger partial charge in [-0.3, -0.25) is 4.57 Å². The van der Waals surface area contributed by atoms with Gasteiger partial charge in [-0.05, 0) is 25.0 Å². The van der Waals surface area contributed by atoms with Gasteiger partial charge in [0, 0.05) is 6.04 Å². The molecule has 1 fully saturated rings. The number of aromatic amines is 1. The lowest BCUT2D eigenvalue weighted by atomic mass is 10.4. The summed E-state index contributed by atoms with van der Waals surface area (Å²) >= 11 is 1.40. The van der Waals surface area contributed by atoms with Gasteiger partial charge in [-0.15, -0.1) is 5.10 Å². The molecule has 0 spiro atoms. The van der Waals surface area contributed by atoms with Crippen LogP contribution in [-0.4, -0.2) is 27.8 Å². The molecule has 0 aliphatic heterocycles. The van der Waals surface area contributed by atoms with Crippen molar-refractivity contribution in [3.05, 3.63) is 34.1 Å². The highest BCUT2D eigenvalue weighted by molar-refractivity contribution is 7.98. The lowest BCUT2D eigenvalue weighted by molar-refractivity contribution is 0.0563. The Balaban J connectivity index is 1.69. The van der Waals surface area contributed by atoms with Crippen LogP contribution in [-0.2, 0) is 10.5 Å². The fourth-order valence-electron chi connectivity index (χ4n) is 1.85. The maximum absolute atomic E-state index is 11.6. The van der Waals surface area contributed by atoms with E-state index in [2.05, 4.69) is 14.9 Å². The van der Waals surface area contributed by atoms with E-state index in [1.165, 1.54) is 18.9 Å². The van der Waals surface area contributed by atoms with Gasteiger partial charge in [-0.25, -0.2) is 14.7 Å². The monoisotopic (exact) mass is 295 g/mol. The van der Waals surface area contributed by atoms with E-state index in [0.29, 0.717) is 16.7 Å². The summed E-state index contributed by atoms with van der Waals surface area (Å²) in [7, 11) is 1.30. The number of H-pyrrole nitrogens is 1. The summed E-state index contributed by atoms with van der Waals surface area (Å²) in [5.41, 5.74) is -0.176. The Hall–Kier alpha value is -1.96. The molecule has 3 rings (SSSR count). The zero-order valence-corrected chi connectivity index (χ0v) is 11.6. The number of carbonyl (C=O) groups excluding carboxylic acids is 1. The van der Waals surface area contributed by atoms with Crippen molar-refractivity contribution in [2.24, 2.45) is 0 Å². The number of furan rings is 1. The van der Waals surface area contributed by atoms with Gasteiger partial charge in [0.05, 0.1) is 12.9 Å². The van der Waals surface area contributed by atoms with Crippen molar-refractivity contribution in [3.8, 4) is 0 Å². The molecule has 8 heteroatoms. The minimum Gasteiger partial charge on any atom is -0.463 e. The highest BCUT2D eigenvalue weighted by Gasteiger charge is 2.28. The largest absolute Gasteiger partial charge is 0.463 e. The third-order valence-electron chi connectivity index (χ3n) is 2.98. The third kappa shape index (κ3) is 2.51. The molecule has 1 saturated carbocycles. The van der Waals surface area contributed by atoms with E-state index in [1.807, 2.05) is 0 Å². The summed E-state index contributed by atoms with van der Waals surface area (Å²) in [5.74, 6) is 0.794. The molecule has 1 aliphatic rings. The molecule has 0 bridgehead atoms. The van der Waals surface area contributed by atoms with Crippen LogP contribution in [0.15, 0.2) is 26.5 Å². The van der Waals surface area contributed by atoms with Crippen molar-refractivity contribution >= 4 is 17.7 Å². The summed E-state index contributed by atoms with van der Waals surface area (Å²) in [6.07, 6.45) is 2.03. The smallest absolute Gasteiger partial charge is 0.373 e. The van der Waals surface area contributed by atoms with Crippen LogP contribution in [0.1, 0.15) is 35.2 Å². The molecule has 1 aliphatic carbocycles. The number of hydrogen-bond acceptors (Lipinski definition) is 6. The van der Waals surface area contributed by atoms with Crippen LogP contribution in [0.5, 0.6) is 0 Å². The first-order valence-corrected chi connectivity index (χ1v) is 7.14. The van der Waals surface area contributed by atoms with Gasteiger partial charge < -0.3 is 9.15 Å². The highest BCUT2D eigenvalue weighted by atomic mass is 32.2. The predicted octanol–water partition coefficient (Wildman–Crippen LogP) is 1.58. The Labute approximate surface area is 118 Å². The average molecular weight is 295 g/mol. The normalized spacial score (nSPS) is 14.4. The van der Waals surface area contributed by atoms with Crippen molar-refractivity contribution in [2.45, 2.75) is 29.8 Å². The average Bonchev–Trinajstić information content (AvgIpc) is 3.05. The second kappa shape index (κ2) is 5.20. The molecule has 106 valence electrons. The van der Waals surface area contributed by atoms with Gasteiger partial charge in [0.15, 0.2) is 5.16 Å². The van der Waals surface area contributed by atoms with E-state index in [0.717, 1.165) is 12.8 Å².